The van der Waals surface area contributed by atoms with Gasteiger partial charge in [0.1, 0.15) is 5.75 Å². The summed E-state index contributed by atoms with van der Waals surface area (Å²) in [5, 5.41) is 2.93. The van der Waals surface area contributed by atoms with Crippen molar-refractivity contribution in [2.75, 3.05) is 13.7 Å². The predicted octanol–water partition coefficient (Wildman–Crippen LogP) is 3.06. The third kappa shape index (κ3) is 4.12. The molecule has 2 aromatic carbocycles. The number of hydrogen-bond donors (Lipinski definition) is 1. The number of nitrogens with one attached hydrogen (secondary N) is 1. The predicted molar refractivity (Wildman–Crippen MR) is 80.1 cm³/mol. The van der Waals surface area contributed by atoms with Gasteiger partial charge in [-0.25, -0.2) is 0 Å². The summed E-state index contributed by atoms with van der Waals surface area (Å²) in [7, 11) is 1.67. The van der Waals surface area contributed by atoms with Crippen LogP contribution < -0.4 is 10.1 Å². The van der Waals surface area contributed by atoms with Crippen LogP contribution in [0.25, 0.3) is 0 Å². The average molecular weight is 269 g/mol. The number of hydrogen-bond acceptors (Lipinski definition) is 2. The normalized spacial score (nSPS) is 10.1. The lowest BCUT2D eigenvalue weighted by Gasteiger charge is -2.06. The summed E-state index contributed by atoms with van der Waals surface area (Å²) in [4.78, 5) is 11.8. The van der Waals surface area contributed by atoms with E-state index in [-0.39, 0.29) is 5.91 Å². The minimum atomic E-state index is -0.0174. The van der Waals surface area contributed by atoms with Crippen molar-refractivity contribution in [3.8, 4) is 5.75 Å². The second-order valence-corrected chi connectivity index (χ2v) is 4.58. The first-order valence-corrected chi connectivity index (χ1v) is 6.76. The molecule has 0 bridgehead atoms. The van der Waals surface area contributed by atoms with Crippen molar-refractivity contribution in [1.29, 1.82) is 0 Å². The maximum atomic E-state index is 11.8. The molecule has 1 N–H and O–H groups in total. The highest BCUT2D eigenvalue weighted by molar-refractivity contribution is 5.94. The largest absolute Gasteiger partial charge is 0.497 e. The zero-order chi connectivity index (χ0) is 14.2. The Morgan fingerprint density at radius 3 is 2.65 bits per heavy atom. The molecule has 0 saturated heterocycles. The first-order valence-electron chi connectivity index (χ1n) is 6.76. The fourth-order valence-electron chi connectivity index (χ4n) is 2.01. The Labute approximate surface area is 119 Å². The van der Waals surface area contributed by atoms with Crippen molar-refractivity contribution in [2.24, 2.45) is 0 Å². The van der Waals surface area contributed by atoms with E-state index in [1.807, 2.05) is 48.5 Å². The Bertz CT molecular complexity index is 552. The molecule has 0 aliphatic rings. The van der Waals surface area contributed by atoms with E-state index in [4.69, 9.17) is 4.74 Å². The molecule has 0 heterocycles. The zero-order valence-corrected chi connectivity index (χ0v) is 11.6. The van der Waals surface area contributed by atoms with E-state index in [9.17, 15) is 4.79 Å². The van der Waals surface area contributed by atoms with E-state index >= 15 is 0 Å². The van der Waals surface area contributed by atoms with Crippen molar-refractivity contribution in [3.63, 3.8) is 0 Å². The van der Waals surface area contributed by atoms with Crippen LogP contribution >= 0.6 is 0 Å². The smallest absolute Gasteiger partial charge is 0.251 e. The molecule has 2 rings (SSSR count). The Morgan fingerprint density at radius 1 is 1.10 bits per heavy atom. The Balaban J connectivity index is 1.75. The molecule has 0 radical (unpaired) electrons. The summed E-state index contributed by atoms with van der Waals surface area (Å²) in [6.07, 6.45) is 1.83. The van der Waals surface area contributed by atoms with Crippen LogP contribution in [-0.2, 0) is 6.42 Å². The van der Waals surface area contributed by atoms with Gasteiger partial charge in [0.05, 0.1) is 7.11 Å². The van der Waals surface area contributed by atoms with Crippen LogP contribution in [0.4, 0.5) is 0 Å². The van der Waals surface area contributed by atoms with E-state index in [0.29, 0.717) is 12.1 Å². The van der Waals surface area contributed by atoms with Crippen molar-refractivity contribution in [1.82, 2.24) is 5.32 Å². The SMILES string of the molecule is COc1cccc(CCCNC(=O)c2ccccc2)c1. The number of carbonyl (C=O) groups excluding carboxylic acids is 1. The topological polar surface area (TPSA) is 38.3 Å². The molecule has 1 amide bonds. The maximum Gasteiger partial charge on any atom is 0.251 e. The van der Waals surface area contributed by atoms with Gasteiger partial charge in [-0.3, -0.25) is 4.79 Å². The van der Waals surface area contributed by atoms with Crippen LogP contribution in [0.2, 0.25) is 0 Å². The van der Waals surface area contributed by atoms with Crippen molar-refractivity contribution in [2.45, 2.75) is 12.8 Å². The van der Waals surface area contributed by atoms with Crippen molar-refractivity contribution in [3.05, 3.63) is 65.7 Å². The number of amides is 1. The molecule has 0 aliphatic heterocycles. The van der Waals surface area contributed by atoms with Gasteiger partial charge in [-0.1, -0.05) is 30.3 Å². The molecular formula is C17H19NO2. The number of methoxy groups -OCH3 is 1. The lowest BCUT2D eigenvalue weighted by Crippen LogP contribution is -2.24. The van der Waals surface area contributed by atoms with Gasteiger partial charge < -0.3 is 10.1 Å². The second-order valence-electron chi connectivity index (χ2n) is 4.58. The van der Waals surface area contributed by atoms with E-state index < -0.39 is 0 Å². The quantitative estimate of drug-likeness (QED) is 0.818. The third-order valence-corrected chi connectivity index (χ3v) is 3.10. The highest BCUT2D eigenvalue weighted by Gasteiger charge is 2.03. The lowest BCUT2D eigenvalue weighted by molar-refractivity contribution is 0.0953. The van der Waals surface area contributed by atoms with Crippen LogP contribution in [0.1, 0.15) is 22.3 Å². The lowest BCUT2D eigenvalue weighted by atomic mass is 10.1. The standard InChI is InChI=1S/C17H19NO2/c1-20-16-11-5-7-14(13-16)8-6-12-18-17(19)15-9-3-2-4-10-15/h2-5,7,9-11,13H,6,8,12H2,1H3,(H,18,19). The fraction of sp³-hybridized carbons (Fsp3) is 0.235. The summed E-state index contributed by atoms with van der Waals surface area (Å²) in [6.45, 7) is 0.672. The Hall–Kier alpha value is -2.29. The van der Waals surface area contributed by atoms with Crippen molar-refractivity contribution < 1.29 is 9.53 Å². The molecule has 0 saturated carbocycles. The number of rotatable bonds is 6. The molecule has 104 valence electrons. The van der Waals surface area contributed by atoms with Gasteiger partial charge in [0.25, 0.3) is 5.91 Å². The number of ether oxygens (including phenoxy) is 1. The van der Waals surface area contributed by atoms with E-state index in [1.165, 1.54) is 5.56 Å². The highest BCUT2D eigenvalue weighted by atomic mass is 16.5. The van der Waals surface area contributed by atoms with E-state index in [2.05, 4.69) is 11.4 Å². The molecule has 2 aromatic rings. The Morgan fingerprint density at radius 2 is 1.90 bits per heavy atom. The summed E-state index contributed by atoms with van der Waals surface area (Å²) in [6, 6.07) is 17.3. The minimum absolute atomic E-state index is 0.0174. The van der Waals surface area contributed by atoms with Gasteiger partial charge in [-0.2, -0.15) is 0 Å². The molecular weight excluding hydrogens is 250 g/mol. The molecule has 3 heteroatoms. The number of aryl methyl sites for hydroxylation is 1. The van der Waals surface area contributed by atoms with Crippen molar-refractivity contribution >= 4 is 5.91 Å². The number of carbonyl (C=O) groups is 1. The molecule has 0 spiro atoms. The first kappa shape index (κ1) is 14.1. The van der Waals surface area contributed by atoms with E-state index in [1.54, 1.807) is 7.11 Å². The Kier molecular flexibility index (Phi) is 5.18. The molecule has 0 atom stereocenters. The molecule has 0 unspecified atom stereocenters. The van der Waals surface area contributed by atoms with Crippen LogP contribution in [0, 0.1) is 0 Å². The monoisotopic (exact) mass is 269 g/mol. The van der Waals surface area contributed by atoms with Gasteiger partial charge in [-0.15, -0.1) is 0 Å². The molecule has 20 heavy (non-hydrogen) atoms. The van der Waals surface area contributed by atoms with E-state index in [0.717, 1.165) is 18.6 Å². The van der Waals surface area contributed by atoms with Crippen LogP contribution in [-0.4, -0.2) is 19.6 Å². The zero-order valence-electron chi connectivity index (χ0n) is 11.6. The minimum Gasteiger partial charge on any atom is -0.497 e. The highest BCUT2D eigenvalue weighted by Crippen LogP contribution is 2.13. The summed E-state index contributed by atoms with van der Waals surface area (Å²) < 4.78 is 5.19. The summed E-state index contributed by atoms with van der Waals surface area (Å²) in [5.74, 6) is 0.854. The number of benzene rings is 2. The second kappa shape index (κ2) is 7.34. The first-order chi connectivity index (χ1) is 9.79. The van der Waals surface area contributed by atoms with Gasteiger partial charge in [0.15, 0.2) is 0 Å². The fourth-order valence-corrected chi connectivity index (χ4v) is 2.01. The van der Waals surface area contributed by atoms with Gasteiger partial charge >= 0.3 is 0 Å². The third-order valence-electron chi connectivity index (χ3n) is 3.10. The molecule has 0 aromatic heterocycles. The molecule has 0 fully saturated rings. The molecule has 0 aliphatic carbocycles. The van der Waals surface area contributed by atoms with Gasteiger partial charge in [0.2, 0.25) is 0 Å². The summed E-state index contributed by atoms with van der Waals surface area (Å²) in [5.41, 5.74) is 1.92. The molecule has 3 nitrogen and oxygen atoms in total. The van der Waals surface area contributed by atoms with Gasteiger partial charge in [-0.05, 0) is 42.7 Å². The van der Waals surface area contributed by atoms with Crippen LogP contribution in [0.5, 0.6) is 5.75 Å². The summed E-state index contributed by atoms with van der Waals surface area (Å²) >= 11 is 0. The van der Waals surface area contributed by atoms with Crippen LogP contribution in [0.15, 0.2) is 54.6 Å². The van der Waals surface area contributed by atoms with Crippen LogP contribution in [0.3, 0.4) is 0 Å². The van der Waals surface area contributed by atoms with Gasteiger partial charge in [0, 0.05) is 12.1 Å². The average Bonchev–Trinajstić information content (AvgIpc) is 2.52. The maximum absolute atomic E-state index is 11.8.